The zero-order valence-corrected chi connectivity index (χ0v) is 7.74. The fourth-order valence-electron chi connectivity index (χ4n) is 1.08. The topological polar surface area (TPSA) is 33.0 Å². The van der Waals surface area contributed by atoms with Crippen molar-refractivity contribution in [2.24, 2.45) is 0 Å². The van der Waals surface area contributed by atoms with E-state index in [9.17, 15) is 0 Å². The van der Waals surface area contributed by atoms with Gasteiger partial charge in [0.05, 0.1) is 18.7 Å². The second kappa shape index (κ2) is 4.32. The normalized spacial score (nSPS) is 9.92. The van der Waals surface area contributed by atoms with Gasteiger partial charge in [-0.25, -0.2) is 0 Å². The predicted molar refractivity (Wildman–Crippen MR) is 52.4 cm³/mol. The molecular formula is C11H11NO. The standard InChI is InChI=1S/C11H11NO/c1-3-4-9-5-6-11(13-2)7-10(9)8-12/h3-7H,1-2H3. The van der Waals surface area contributed by atoms with E-state index in [1.807, 2.05) is 31.2 Å². The Hall–Kier alpha value is -1.75. The van der Waals surface area contributed by atoms with Gasteiger partial charge in [0.1, 0.15) is 5.75 Å². The van der Waals surface area contributed by atoms with Crippen molar-refractivity contribution < 1.29 is 4.74 Å². The van der Waals surface area contributed by atoms with Gasteiger partial charge in [0.25, 0.3) is 0 Å². The minimum atomic E-state index is 0.637. The average Bonchev–Trinajstić information content (AvgIpc) is 2.19. The highest BCUT2D eigenvalue weighted by atomic mass is 16.5. The number of nitriles is 1. The molecule has 0 saturated carbocycles. The molecule has 0 saturated heterocycles. The van der Waals surface area contributed by atoms with E-state index >= 15 is 0 Å². The summed E-state index contributed by atoms with van der Waals surface area (Å²) in [4.78, 5) is 0. The summed E-state index contributed by atoms with van der Waals surface area (Å²) in [6.07, 6.45) is 3.81. The van der Waals surface area contributed by atoms with Crippen LogP contribution < -0.4 is 4.74 Å². The van der Waals surface area contributed by atoms with E-state index < -0.39 is 0 Å². The quantitative estimate of drug-likeness (QED) is 0.688. The second-order valence-corrected chi connectivity index (χ2v) is 2.56. The molecule has 66 valence electrons. The molecule has 0 aromatic heterocycles. The van der Waals surface area contributed by atoms with Gasteiger partial charge in [0, 0.05) is 0 Å². The van der Waals surface area contributed by atoms with Crippen molar-refractivity contribution in [2.45, 2.75) is 6.92 Å². The van der Waals surface area contributed by atoms with Gasteiger partial charge in [-0.1, -0.05) is 12.2 Å². The van der Waals surface area contributed by atoms with Crippen LogP contribution in [0.2, 0.25) is 0 Å². The predicted octanol–water partition coefficient (Wildman–Crippen LogP) is 2.60. The lowest BCUT2D eigenvalue weighted by Gasteiger charge is -2.01. The third-order valence-electron chi connectivity index (χ3n) is 1.73. The first-order valence-electron chi connectivity index (χ1n) is 4.02. The van der Waals surface area contributed by atoms with Crippen LogP contribution in [-0.2, 0) is 0 Å². The molecule has 0 radical (unpaired) electrons. The molecule has 1 aromatic carbocycles. The Labute approximate surface area is 78.1 Å². The van der Waals surface area contributed by atoms with Crippen molar-refractivity contribution in [3.63, 3.8) is 0 Å². The zero-order valence-electron chi connectivity index (χ0n) is 7.74. The molecule has 0 heterocycles. The summed E-state index contributed by atoms with van der Waals surface area (Å²) >= 11 is 0. The van der Waals surface area contributed by atoms with E-state index in [1.54, 1.807) is 13.2 Å². The molecule has 0 aliphatic heterocycles. The SMILES string of the molecule is CC=Cc1ccc(OC)cc1C#N. The molecule has 0 unspecified atom stereocenters. The maximum Gasteiger partial charge on any atom is 0.120 e. The average molecular weight is 173 g/mol. The highest BCUT2D eigenvalue weighted by Gasteiger charge is 1.99. The van der Waals surface area contributed by atoms with Crippen molar-refractivity contribution in [3.8, 4) is 11.8 Å². The first-order chi connectivity index (χ1) is 6.31. The van der Waals surface area contributed by atoms with Crippen LogP contribution in [0.1, 0.15) is 18.1 Å². The van der Waals surface area contributed by atoms with Gasteiger partial charge in [-0.15, -0.1) is 0 Å². The number of methoxy groups -OCH3 is 1. The summed E-state index contributed by atoms with van der Waals surface area (Å²) in [6.45, 7) is 1.92. The number of hydrogen-bond donors (Lipinski definition) is 0. The third kappa shape index (κ3) is 2.09. The monoisotopic (exact) mass is 173 g/mol. The summed E-state index contributed by atoms with van der Waals surface area (Å²) in [5, 5.41) is 8.83. The van der Waals surface area contributed by atoms with Crippen LogP contribution in [0.3, 0.4) is 0 Å². The number of nitrogens with zero attached hydrogens (tertiary/aromatic N) is 1. The molecule has 0 aliphatic rings. The Morgan fingerprint density at radius 2 is 2.23 bits per heavy atom. The van der Waals surface area contributed by atoms with Crippen LogP contribution in [0, 0.1) is 11.3 Å². The molecule has 0 N–H and O–H groups in total. The van der Waals surface area contributed by atoms with Crippen LogP contribution in [0.4, 0.5) is 0 Å². The first kappa shape index (κ1) is 9.34. The molecule has 1 rings (SSSR count). The van der Waals surface area contributed by atoms with E-state index in [0.29, 0.717) is 11.3 Å². The molecule has 13 heavy (non-hydrogen) atoms. The molecule has 2 heteroatoms. The minimum absolute atomic E-state index is 0.637. The molecule has 2 nitrogen and oxygen atoms in total. The van der Waals surface area contributed by atoms with E-state index in [4.69, 9.17) is 10.00 Å². The first-order valence-corrected chi connectivity index (χ1v) is 4.02. The number of hydrogen-bond acceptors (Lipinski definition) is 2. The number of benzene rings is 1. The Kier molecular flexibility index (Phi) is 3.10. The van der Waals surface area contributed by atoms with Crippen molar-refractivity contribution in [1.82, 2.24) is 0 Å². The molecule has 1 aromatic rings. The lowest BCUT2D eigenvalue weighted by Crippen LogP contribution is -1.86. The summed E-state index contributed by atoms with van der Waals surface area (Å²) < 4.78 is 5.01. The number of allylic oxidation sites excluding steroid dienone is 1. The lowest BCUT2D eigenvalue weighted by atomic mass is 10.1. The van der Waals surface area contributed by atoms with Crippen LogP contribution in [0.5, 0.6) is 5.75 Å². The maximum absolute atomic E-state index is 8.83. The lowest BCUT2D eigenvalue weighted by molar-refractivity contribution is 0.414. The van der Waals surface area contributed by atoms with Gasteiger partial charge in [-0.2, -0.15) is 5.26 Å². The fourth-order valence-corrected chi connectivity index (χ4v) is 1.08. The Bertz CT molecular complexity index is 361. The van der Waals surface area contributed by atoms with Gasteiger partial charge in [0.2, 0.25) is 0 Å². The smallest absolute Gasteiger partial charge is 0.120 e. The van der Waals surface area contributed by atoms with Gasteiger partial charge < -0.3 is 4.74 Å². The van der Waals surface area contributed by atoms with Crippen LogP contribution in [0.15, 0.2) is 24.3 Å². The summed E-state index contributed by atoms with van der Waals surface area (Å²) in [5.41, 5.74) is 1.56. The minimum Gasteiger partial charge on any atom is -0.497 e. The summed E-state index contributed by atoms with van der Waals surface area (Å²) in [6, 6.07) is 7.57. The van der Waals surface area contributed by atoms with Crippen LogP contribution >= 0.6 is 0 Å². The highest BCUT2D eigenvalue weighted by Crippen LogP contribution is 2.17. The molecule has 0 bridgehead atoms. The van der Waals surface area contributed by atoms with Crippen molar-refractivity contribution in [3.05, 3.63) is 35.4 Å². The van der Waals surface area contributed by atoms with E-state index in [2.05, 4.69) is 6.07 Å². The van der Waals surface area contributed by atoms with E-state index in [0.717, 1.165) is 5.56 Å². The third-order valence-corrected chi connectivity index (χ3v) is 1.73. The number of rotatable bonds is 2. The molecule has 0 amide bonds. The summed E-state index contributed by atoms with van der Waals surface area (Å²) in [7, 11) is 1.59. The largest absolute Gasteiger partial charge is 0.497 e. The highest BCUT2D eigenvalue weighted by molar-refractivity contribution is 5.59. The van der Waals surface area contributed by atoms with Gasteiger partial charge in [-0.3, -0.25) is 0 Å². The van der Waals surface area contributed by atoms with Crippen molar-refractivity contribution >= 4 is 6.08 Å². The Morgan fingerprint density at radius 1 is 1.46 bits per heavy atom. The van der Waals surface area contributed by atoms with Gasteiger partial charge in [0.15, 0.2) is 0 Å². The fraction of sp³-hybridized carbons (Fsp3) is 0.182. The second-order valence-electron chi connectivity index (χ2n) is 2.56. The molecule has 0 fully saturated rings. The van der Waals surface area contributed by atoms with Gasteiger partial charge in [-0.05, 0) is 30.7 Å². The van der Waals surface area contributed by atoms with Crippen LogP contribution in [-0.4, -0.2) is 7.11 Å². The van der Waals surface area contributed by atoms with Gasteiger partial charge >= 0.3 is 0 Å². The van der Waals surface area contributed by atoms with Crippen molar-refractivity contribution in [1.29, 1.82) is 5.26 Å². The van der Waals surface area contributed by atoms with Crippen LogP contribution in [0.25, 0.3) is 6.08 Å². The van der Waals surface area contributed by atoms with E-state index in [1.165, 1.54) is 0 Å². The number of ether oxygens (including phenoxy) is 1. The Morgan fingerprint density at radius 3 is 2.77 bits per heavy atom. The zero-order chi connectivity index (χ0) is 9.68. The van der Waals surface area contributed by atoms with Crippen molar-refractivity contribution in [2.75, 3.05) is 7.11 Å². The van der Waals surface area contributed by atoms with E-state index in [-0.39, 0.29) is 0 Å². The molecule has 0 spiro atoms. The Balaban J connectivity index is 3.17. The summed E-state index contributed by atoms with van der Waals surface area (Å²) in [5.74, 6) is 0.713. The molecule has 0 atom stereocenters. The maximum atomic E-state index is 8.83. The molecular weight excluding hydrogens is 162 g/mol. The molecule has 0 aliphatic carbocycles.